The third-order valence-corrected chi connectivity index (χ3v) is 14.6. The summed E-state index contributed by atoms with van der Waals surface area (Å²) >= 11 is 0. The van der Waals surface area contributed by atoms with E-state index in [9.17, 15) is 20.1 Å². The van der Waals surface area contributed by atoms with Gasteiger partial charge in [0.15, 0.2) is 0 Å². The number of nitrogens with one attached hydrogen (secondary N) is 1. The zero-order chi connectivity index (χ0) is 47.9. The van der Waals surface area contributed by atoms with Crippen molar-refractivity contribution in [3.63, 3.8) is 0 Å². The molecule has 4 N–H and O–H groups in total. The first-order valence-electron chi connectivity index (χ1n) is 30.5. The molecule has 3 unspecified atom stereocenters. The SMILES string of the molecule is CCCCCCCCCCCCCCCCCC/C=C\CCCCCCCCCCCCCCCCCCCC(=O)NC(CO)C(O)C(O)CCCCCCCCCCCCCCCCC. The predicted octanol–water partition coefficient (Wildman–Crippen LogP) is 19.1. The molecule has 66 heavy (non-hydrogen) atoms. The molecule has 1 amide bonds. The van der Waals surface area contributed by atoms with Crippen LogP contribution in [0.3, 0.4) is 0 Å². The van der Waals surface area contributed by atoms with Crippen LogP contribution in [0.15, 0.2) is 12.2 Å². The molecule has 0 bridgehead atoms. The van der Waals surface area contributed by atoms with Crippen LogP contribution >= 0.6 is 0 Å². The van der Waals surface area contributed by atoms with Crippen LogP contribution in [0.2, 0.25) is 0 Å². The van der Waals surface area contributed by atoms with E-state index in [1.807, 2.05) is 0 Å². The van der Waals surface area contributed by atoms with Gasteiger partial charge in [0, 0.05) is 6.42 Å². The molecule has 0 saturated carbocycles. The molecule has 0 saturated heterocycles. The van der Waals surface area contributed by atoms with E-state index in [-0.39, 0.29) is 12.5 Å². The van der Waals surface area contributed by atoms with Crippen LogP contribution in [-0.4, -0.2) is 46.1 Å². The van der Waals surface area contributed by atoms with Crippen LogP contribution < -0.4 is 5.32 Å². The van der Waals surface area contributed by atoms with Crippen molar-refractivity contribution in [1.82, 2.24) is 5.32 Å². The zero-order valence-corrected chi connectivity index (χ0v) is 45.1. The summed E-state index contributed by atoms with van der Waals surface area (Å²) in [7, 11) is 0. The Labute approximate surface area is 414 Å². The largest absolute Gasteiger partial charge is 0.394 e. The summed E-state index contributed by atoms with van der Waals surface area (Å²) < 4.78 is 0. The van der Waals surface area contributed by atoms with E-state index < -0.39 is 18.2 Å². The summed E-state index contributed by atoms with van der Waals surface area (Å²) in [5, 5.41) is 33.7. The summed E-state index contributed by atoms with van der Waals surface area (Å²) in [5.41, 5.74) is 0. The molecule has 5 heteroatoms. The van der Waals surface area contributed by atoms with Gasteiger partial charge < -0.3 is 20.6 Å². The van der Waals surface area contributed by atoms with E-state index in [0.717, 1.165) is 32.1 Å². The monoisotopic (exact) mass is 932 g/mol. The molecule has 0 rings (SSSR count). The van der Waals surface area contributed by atoms with Gasteiger partial charge in [-0.1, -0.05) is 315 Å². The predicted molar refractivity (Wildman–Crippen MR) is 292 cm³/mol. The maximum absolute atomic E-state index is 12.5. The van der Waals surface area contributed by atoms with Gasteiger partial charge >= 0.3 is 0 Å². The Morgan fingerprint density at radius 2 is 0.606 bits per heavy atom. The molecular weight excluding hydrogens is 811 g/mol. The lowest BCUT2D eigenvalue weighted by Crippen LogP contribution is -2.50. The normalized spacial score (nSPS) is 13.2. The minimum absolute atomic E-state index is 0.138. The van der Waals surface area contributed by atoms with Crippen LogP contribution in [0.5, 0.6) is 0 Å². The number of aliphatic hydroxyl groups is 3. The highest BCUT2D eigenvalue weighted by molar-refractivity contribution is 5.76. The van der Waals surface area contributed by atoms with Crippen LogP contribution in [0, 0.1) is 0 Å². The van der Waals surface area contributed by atoms with Gasteiger partial charge in [0.1, 0.15) is 6.10 Å². The molecule has 0 aliphatic rings. The van der Waals surface area contributed by atoms with E-state index in [2.05, 4.69) is 31.3 Å². The second-order valence-corrected chi connectivity index (χ2v) is 21.3. The molecule has 0 spiro atoms. The van der Waals surface area contributed by atoms with Gasteiger partial charge in [-0.15, -0.1) is 0 Å². The van der Waals surface area contributed by atoms with Gasteiger partial charge in [-0.05, 0) is 38.5 Å². The van der Waals surface area contributed by atoms with Crippen molar-refractivity contribution in [2.45, 2.75) is 366 Å². The molecule has 0 aromatic heterocycles. The number of rotatable bonds is 57. The van der Waals surface area contributed by atoms with Crippen molar-refractivity contribution in [2.75, 3.05) is 6.61 Å². The number of unbranched alkanes of at least 4 members (excludes halogenated alkanes) is 47. The van der Waals surface area contributed by atoms with E-state index in [4.69, 9.17) is 0 Å². The summed E-state index contributed by atoms with van der Waals surface area (Å²) in [6.45, 7) is 4.22. The van der Waals surface area contributed by atoms with Crippen LogP contribution in [0.25, 0.3) is 0 Å². The van der Waals surface area contributed by atoms with Crippen molar-refractivity contribution in [1.29, 1.82) is 0 Å². The molecule has 0 aliphatic carbocycles. The number of amides is 1. The molecule has 0 fully saturated rings. The lowest BCUT2D eigenvalue weighted by Gasteiger charge is -2.26. The Balaban J connectivity index is 3.43. The highest BCUT2D eigenvalue weighted by Crippen LogP contribution is 2.19. The Bertz CT molecular complexity index is 940. The fourth-order valence-corrected chi connectivity index (χ4v) is 9.93. The summed E-state index contributed by atoms with van der Waals surface area (Å²) in [6.07, 6.45) is 71.1. The quantitative estimate of drug-likeness (QED) is 0.0361. The smallest absolute Gasteiger partial charge is 0.220 e. The highest BCUT2D eigenvalue weighted by atomic mass is 16.3. The van der Waals surface area contributed by atoms with Crippen LogP contribution in [-0.2, 0) is 4.79 Å². The molecule has 3 atom stereocenters. The molecule has 0 heterocycles. The topological polar surface area (TPSA) is 89.8 Å². The summed E-state index contributed by atoms with van der Waals surface area (Å²) in [4.78, 5) is 12.5. The van der Waals surface area contributed by atoms with Gasteiger partial charge in [0.25, 0.3) is 0 Å². The highest BCUT2D eigenvalue weighted by Gasteiger charge is 2.26. The van der Waals surface area contributed by atoms with Crippen LogP contribution in [0.1, 0.15) is 348 Å². The standard InChI is InChI=1S/C61H121NO4/c1-3-5-7-9-11-13-15-17-19-20-21-22-23-24-25-26-27-28-29-30-31-32-33-34-35-36-37-38-39-40-42-44-46-48-50-52-54-56-60(65)62-58(57-63)61(66)59(64)55-53-51-49-47-45-43-41-18-16-14-12-10-8-6-4-2/h28-29,58-59,61,63-64,66H,3-27,30-57H2,1-2H3,(H,62,65)/b29-28-. The fraction of sp³-hybridized carbons (Fsp3) is 0.951. The fourth-order valence-electron chi connectivity index (χ4n) is 9.93. The number of hydrogen-bond donors (Lipinski definition) is 4. The number of hydrogen-bond acceptors (Lipinski definition) is 4. The number of allylic oxidation sites excluding steroid dienone is 2. The van der Waals surface area contributed by atoms with E-state index in [0.29, 0.717) is 12.8 Å². The minimum Gasteiger partial charge on any atom is -0.394 e. The summed E-state index contributed by atoms with van der Waals surface area (Å²) in [5.74, 6) is -0.138. The lowest BCUT2D eigenvalue weighted by molar-refractivity contribution is -0.124. The van der Waals surface area contributed by atoms with Crippen molar-refractivity contribution >= 4 is 5.91 Å². The third kappa shape index (κ3) is 51.0. The van der Waals surface area contributed by atoms with Crippen molar-refractivity contribution in [3.8, 4) is 0 Å². The molecule has 394 valence electrons. The second-order valence-electron chi connectivity index (χ2n) is 21.3. The second kappa shape index (κ2) is 56.7. The molecule has 0 aliphatic heterocycles. The Hall–Kier alpha value is -0.910. The average molecular weight is 933 g/mol. The van der Waals surface area contributed by atoms with Gasteiger partial charge in [-0.3, -0.25) is 4.79 Å². The third-order valence-electron chi connectivity index (χ3n) is 14.6. The number of carbonyl (C=O) groups excluding carboxylic acids is 1. The lowest BCUT2D eigenvalue weighted by atomic mass is 9.99. The number of aliphatic hydroxyl groups excluding tert-OH is 3. The van der Waals surface area contributed by atoms with Gasteiger partial charge in [-0.25, -0.2) is 0 Å². The first-order chi connectivity index (χ1) is 32.6. The molecule has 5 nitrogen and oxygen atoms in total. The van der Waals surface area contributed by atoms with E-state index in [1.54, 1.807) is 0 Å². The van der Waals surface area contributed by atoms with E-state index in [1.165, 1.54) is 289 Å². The maximum atomic E-state index is 12.5. The molecule has 0 radical (unpaired) electrons. The maximum Gasteiger partial charge on any atom is 0.220 e. The van der Waals surface area contributed by atoms with Gasteiger partial charge in [0.05, 0.1) is 18.8 Å². The van der Waals surface area contributed by atoms with Crippen molar-refractivity contribution < 1.29 is 20.1 Å². The Kier molecular flexibility index (Phi) is 55.9. The molecular formula is C61H121NO4. The first-order valence-corrected chi connectivity index (χ1v) is 30.5. The van der Waals surface area contributed by atoms with Gasteiger partial charge in [0.2, 0.25) is 5.91 Å². The van der Waals surface area contributed by atoms with E-state index >= 15 is 0 Å². The Morgan fingerprint density at radius 1 is 0.364 bits per heavy atom. The number of carbonyl (C=O) groups is 1. The first kappa shape index (κ1) is 65.1. The minimum atomic E-state index is -1.13. The summed E-state index contributed by atoms with van der Waals surface area (Å²) in [6, 6.07) is -0.806. The zero-order valence-electron chi connectivity index (χ0n) is 45.1. The molecule has 0 aromatic rings. The van der Waals surface area contributed by atoms with Crippen molar-refractivity contribution in [3.05, 3.63) is 12.2 Å². The molecule has 0 aromatic carbocycles. The van der Waals surface area contributed by atoms with Crippen molar-refractivity contribution in [2.24, 2.45) is 0 Å². The average Bonchev–Trinajstić information content (AvgIpc) is 3.32. The van der Waals surface area contributed by atoms with Crippen LogP contribution in [0.4, 0.5) is 0 Å². The van der Waals surface area contributed by atoms with Gasteiger partial charge in [-0.2, -0.15) is 0 Å². The Morgan fingerprint density at radius 3 is 0.879 bits per heavy atom.